The predicted molar refractivity (Wildman–Crippen MR) is 52.4 cm³/mol. The minimum Gasteiger partial charge on any atom is -0.550 e. The highest BCUT2D eigenvalue weighted by Gasteiger charge is 2.23. The van der Waals surface area contributed by atoms with Crippen molar-refractivity contribution in [2.45, 2.75) is 26.2 Å². The van der Waals surface area contributed by atoms with Crippen LogP contribution in [0.2, 0.25) is 0 Å². The maximum Gasteiger partial charge on any atom is 0.102 e. The van der Waals surface area contributed by atoms with Gasteiger partial charge in [-0.3, -0.25) is 0 Å². The quantitative estimate of drug-likeness (QED) is 0.608. The summed E-state index contributed by atoms with van der Waals surface area (Å²) in [6.45, 7) is 4.79. The number of hydrogen-bond acceptors (Lipinski definition) is 3. The lowest BCUT2D eigenvalue weighted by Gasteiger charge is -2.37. The van der Waals surface area contributed by atoms with Crippen molar-refractivity contribution in [3.05, 3.63) is 0 Å². The molecule has 1 aliphatic heterocycles. The van der Waals surface area contributed by atoms with Gasteiger partial charge in [-0.05, 0) is 26.2 Å². The average molecular weight is 203 g/mol. The molecular formula is C10H21NO3. The molecule has 1 N–H and O–H groups in total. The van der Waals surface area contributed by atoms with Gasteiger partial charge in [-0.2, -0.15) is 0 Å². The van der Waals surface area contributed by atoms with Crippen LogP contribution in [0.15, 0.2) is 0 Å². The lowest BCUT2D eigenvalue weighted by molar-refractivity contribution is -0.914. The number of aliphatic hydroxyl groups is 1. The molecular weight excluding hydrogens is 182 g/mol. The van der Waals surface area contributed by atoms with Gasteiger partial charge in [0.15, 0.2) is 0 Å². The number of rotatable bonds is 2. The van der Waals surface area contributed by atoms with Gasteiger partial charge in [0.2, 0.25) is 0 Å². The summed E-state index contributed by atoms with van der Waals surface area (Å²) in [6.07, 6.45) is 4.08. The van der Waals surface area contributed by atoms with E-state index in [1.165, 1.54) is 32.4 Å². The number of aliphatic hydroxyl groups excluding tert-OH is 1. The Labute approximate surface area is 85.7 Å². The van der Waals surface area contributed by atoms with Crippen LogP contribution in [-0.4, -0.2) is 48.8 Å². The van der Waals surface area contributed by atoms with E-state index in [4.69, 9.17) is 15.0 Å². The molecule has 1 heterocycles. The van der Waals surface area contributed by atoms with Crippen LogP contribution >= 0.6 is 0 Å². The first-order valence-corrected chi connectivity index (χ1v) is 5.12. The molecule has 1 aliphatic rings. The van der Waals surface area contributed by atoms with Crippen molar-refractivity contribution in [1.29, 1.82) is 0 Å². The number of piperidine rings is 1. The van der Waals surface area contributed by atoms with Gasteiger partial charge in [-0.1, -0.05) is 0 Å². The Balaban J connectivity index is 0.000000364. The molecule has 84 valence electrons. The second kappa shape index (κ2) is 6.79. The molecule has 0 bridgehead atoms. The van der Waals surface area contributed by atoms with Crippen molar-refractivity contribution < 1.29 is 19.5 Å². The van der Waals surface area contributed by atoms with E-state index in [-0.39, 0.29) is 0 Å². The zero-order valence-electron chi connectivity index (χ0n) is 9.16. The first-order chi connectivity index (χ1) is 6.50. The lowest BCUT2D eigenvalue weighted by atomic mass is 10.1. The standard InChI is InChI=1S/C8H18NO.C2H4O2/c1-9(7-8-10)5-3-2-4-6-9;1-2(3)4/h10H,2-8H2,1H3;1H3,(H,3,4)/q+1;/p-1. The SMILES string of the molecule is CC(=O)[O-].C[N+]1(CCO)CCCCC1. The van der Waals surface area contributed by atoms with E-state index in [2.05, 4.69) is 7.05 Å². The molecule has 1 saturated heterocycles. The maximum absolute atomic E-state index is 8.89. The van der Waals surface area contributed by atoms with Gasteiger partial charge in [0, 0.05) is 5.97 Å². The minimum atomic E-state index is -1.08. The van der Waals surface area contributed by atoms with Gasteiger partial charge in [0.1, 0.15) is 6.54 Å². The van der Waals surface area contributed by atoms with Gasteiger partial charge in [-0.25, -0.2) is 0 Å². The predicted octanol–water partition coefficient (Wildman–Crippen LogP) is -0.635. The smallest absolute Gasteiger partial charge is 0.102 e. The number of hydrogen-bond donors (Lipinski definition) is 1. The molecule has 0 radical (unpaired) electrons. The number of nitrogens with zero attached hydrogens (tertiary/aromatic N) is 1. The van der Waals surface area contributed by atoms with Crippen LogP contribution in [0.4, 0.5) is 0 Å². The molecule has 0 aliphatic carbocycles. The second-order valence-corrected chi connectivity index (χ2v) is 4.07. The molecule has 14 heavy (non-hydrogen) atoms. The molecule has 0 amide bonds. The summed E-state index contributed by atoms with van der Waals surface area (Å²) < 4.78 is 1.09. The number of quaternary nitrogens is 1. The van der Waals surface area contributed by atoms with Crippen molar-refractivity contribution in [1.82, 2.24) is 0 Å². The zero-order chi connectivity index (χ0) is 11.0. The molecule has 4 nitrogen and oxygen atoms in total. The van der Waals surface area contributed by atoms with Crippen molar-refractivity contribution in [2.75, 3.05) is 33.3 Å². The van der Waals surface area contributed by atoms with Crippen LogP contribution in [0.1, 0.15) is 26.2 Å². The minimum absolute atomic E-state index is 0.344. The molecule has 0 saturated carbocycles. The van der Waals surface area contributed by atoms with Crippen molar-refractivity contribution in [3.8, 4) is 0 Å². The van der Waals surface area contributed by atoms with E-state index >= 15 is 0 Å². The molecule has 1 fully saturated rings. The molecule has 4 heteroatoms. The Morgan fingerprint density at radius 1 is 1.36 bits per heavy atom. The number of carbonyl (C=O) groups excluding carboxylic acids is 1. The Hall–Kier alpha value is -0.610. The molecule has 0 aromatic rings. The van der Waals surface area contributed by atoms with Gasteiger partial charge >= 0.3 is 0 Å². The van der Waals surface area contributed by atoms with Crippen LogP contribution < -0.4 is 5.11 Å². The van der Waals surface area contributed by atoms with Gasteiger partial charge in [0.05, 0.1) is 26.7 Å². The van der Waals surface area contributed by atoms with E-state index < -0.39 is 5.97 Å². The first-order valence-electron chi connectivity index (χ1n) is 5.12. The lowest BCUT2D eigenvalue weighted by Crippen LogP contribution is -2.49. The van der Waals surface area contributed by atoms with E-state index in [1.54, 1.807) is 0 Å². The maximum atomic E-state index is 8.89. The number of carbonyl (C=O) groups is 1. The van der Waals surface area contributed by atoms with Crippen LogP contribution in [-0.2, 0) is 4.79 Å². The van der Waals surface area contributed by atoms with Crippen LogP contribution in [0.3, 0.4) is 0 Å². The topological polar surface area (TPSA) is 60.4 Å². The number of carboxylic acids is 1. The number of likely N-dealkylation sites (N-methyl/N-ethyl adjacent to an activating group) is 1. The summed E-state index contributed by atoms with van der Waals surface area (Å²) in [6, 6.07) is 0. The zero-order valence-corrected chi connectivity index (χ0v) is 9.16. The summed E-state index contributed by atoms with van der Waals surface area (Å²) in [5.41, 5.74) is 0. The van der Waals surface area contributed by atoms with Crippen molar-refractivity contribution in [2.24, 2.45) is 0 Å². The molecule has 0 spiro atoms. The van der Waals surface area contributed by atoms with Crippen LogP contribution in [0.25, 0.3) is 0 Å². The Morgan fingerprint density at radius 3 is 2.14 bits per heavy atom. The second-order valence-electron chi connectivity index (χ2n) is 4.07. The Morgan fingerprint density at radius 2 is 1.79 bits per heavy atom. The highest BCUT2D eigenvalue weighted by Crippen LogP contribution is 2.14. The third kappa shape index (κ3) is 6.86. The van der Waals surface area contributed by atoms with Crippen LogP contribution in [0.5, 0.6) is 0 Å². The van der Waals surface area contributed by atoms with Crippen molar-refractivity contribution in [3.63, 3.8) is 0 Å². The highest BCUT2D eigenvalue weighted by atomic mass is 16.4. The monoisotopic (exact) mass is 203 g/mol. The largest absolute Gasteiger partial charge is 0.550 e. The van der Waals surface area contributed by atoms with Gasteiger partial charge < -0.3 is 19.5 Å². The summed E-state index contributed by atoms with van der Waals surface area (Å²) >= 11 is 0. The van der Waals surface area contributed by atoms with E-state index in [1.807, 2.05) is 0 Å². The normalized spacial score (nSPS) is 19.4. The fourth-order valence-electron chi connectivity index (χ4n) is 1.74. The fraction of sp³-hybridized carbons (Fsp3) is 0.900. The van der Waals surface area contributed by atoms with E-state index in [0.717, 1.165) is 18.0 Å². The fourth-order valence-corrected chi connectivity index (χ4v) is 1.74. The highest BCUT2D eigenvalue weighted by molar-refractivity contribution is 5.60. The summed E-state index contributed by atoms with van der Waals surface area (Å²) in [4.78, 5) is 8.89. The number of aliphatic carboxylic acids is 1. The van der Waals surface area contributed by atoms with Crippen molar-refractivity contribution >= 4 is 5.97 Å². The van der Waals surface area contributed by atoms with E-state index in [0.29, 0.717) is 6.61 Å². The first kappa shape index (κ1) is 13.4. The molecule has 0 aromatic heterocycles. The molecule has 0 unspecified atom stereocenters. The molecule has 0 aromatic carbocycles. The average Bonchev–Trinajstić information content (AvgIpc) is 2.04. The third-order valence-electron chi connectivity index (χ3n) is 2.54. The third-order valence-corrected chi connectivity index (χ3v) is 2.54. The molecule has 1 rings (SSSR count). The number of likely N-dealkylation sites (tertiary alicyclic amines) is 1. The van der Waals surface area contributed by atoms with E-state index in [9.17, 15) is 0 Å². The summed E-state index contributed by atoms with van der Waals surface area (Å²) in [5.74, 6) is -1.08. The number of carboxylic acid groups (broad SMARTS) is 1. The Kier molecular flexibility index (Phi) is 6.49. The molecule has 0 atom stereocenters. The van der Waals surface area contributed by atoms with Crippen LogP contribution in [0, 0.1) is 0 Å². The Bertz CT molecular complexity index is 155. The van der Waals surface area contributed by atoms with Gasteiger partial charge in [-0.15, -0.1) is 0 Å². The summed E-state index contributed by atoms with van der Waals surface area (Å²) in [5, 5.41) is 17.7. The van der Waals surface area contributed by atoms with Gasteiger partial charge in [0.25, 0.3) is 0 Å². The summed E-state index contributed by atoms with van der Waals surface area (Å²) in [7, 11) is 2.25.